The van der Waals surface area contributed by atoms with Crippen LogP contribution in [0.5, 0.6) is 0 Å². The lowest BCUT2D eigenvalue weighted by atomic mass is 10.0. The molecular formula is C12H18BrNO. The summed E-state index contributed by atoms with van der Waals surface area (Å²) in [5.74, 6) is 2.21. The van der Waals surface area contributed by atoms with Crippen LogP contribution >= 0.6 is 15.9 Å². The standard InChI is InChI=1S/C12H18BrNO/c13-7-12(5-6-12)14-11(15)10-8-3-1-2-4-9(8)10/h8-10H,1-7H2,(H,14,15). The van der Waals surface area contributed by atoms with Crippen LogP contribution in [-0.2, 0) is 4.79 Å². The van der Waals surface area contributed by atoms with E-state index in [0.29, 0.717) is 11.8 Å². The second-order valence-corrected chi connectivity index (χ2v) is 6.10. The Bertz CT molecular complexity index is 275. The third-order valence-corrected chi connectivity index (χ3v) is 5.53. The predicted molar refractivity (Wildman–Crippen MR) is 62.8 cm³/mol. The fraction of sp³-hybridized carbons (Fsp3) is 0.917. The summed E-state index contributed by atoms with van der Waals surface area (Å²) in [5, 5.41) is 4.17. The Morgan fingerprint density at radius 2 is 1.87 bits per heavy atom. The molecule has 0 saturated heterocycles. The summed E-state index contributed by atoms with van der Waals surface area (Å²) in [6.07, 6.45) is 7.59. The predicted octanol–water partition coefficient (Wildman–Crippen LogP) is 2.47. The van der Waals surface area contributed by atoms with Gasteiger partial charge >= 0.3 is 0 Å². The number of carbonyl (C=O) groups excluding carboxylic acids is 1. The number of alkyl halides is 1. The Hall–Kier alpha value is -0.0500. The van der Waals surface area contributed by atoms with Crippen LogP contribution in [0.15, 0.2) is 0 Å². The quantitative estimate of drug-likeness (QED) is 0.786. The van der Waals surface area contributed by atoms with Gasteiger partial charge in [-0.25, -0.2) is 0 Å². The molecule has 0 aromatic rings. The molecule has 3 heteroatoms. The molecule has 2 nitrogen and oxygen atoms in total. The molecule has 0 heterocycles. The number of hydrogen-bond donors (Lipinski definition) is 1. The van der Waals surface area contributed by atoms with Crippen molar-refractivity contribution in [1.29, 1.82) is 0 Å². The van der Waals surface area contributed by atoms with Crippen LogP contribution in [0.25, 0.3) is 0 Å². The van der Waals surface area contributed by atoms with Crippen LogP contribution in [0.3, 0.4) is 0 Å². The summed E-state index contributed by atoms with van der Waals surface area (Å²) in [7, 11) is 0. The van der Waals surface area contributed by atoms with Gasteiger partial charge in [-0.3, -0.25) is 4.79 Å². The van der Waals surface area contributed by atoms with E-state index in [4.69, 9.17) is 0 Å². The number of halogens is 1. The van der Waals surface area contributed by atoms with Crippen LogP contribution in [0.1, 0.15) is 38.5 Å². The van der Waals surface area contributed by atoms with Gasteiger partial charge in [0.1, 0.15) is 0 Å². The number of rotatable bonds is 3. The average Bonchev–Trinajstić information content (AvgIpc) is 3.11. The molecular weight excluding hydrogens is 254 g/mol. The fourth-order valence-electron chi connectivity index (χ4n) is 3.17. The Morgan fingerprint density at radius 1 is 1.27 bits per heavy atom. The van der Waals surface area contributed by atoms with Crippen LogP contribution in [0, 0.1) is 17.8 Å². The molecule has 0 spiro atoms. The van der Waals surface area contributed by atoms with Crippen LogP contribution in [-0.4, -0.2) is 16.8 Å². The summed E-state index contributed by atoms with van der Waals surface area (Å²) < 4.78 is 0. The highest BCUT2D eigenvalue weighted by Gasteiger charge is 2.56. The van der Waals surface area contributed by atoms with E-state index in [1.165, 1.54) is 25.7 Å². The fourth-order valence-corrected chi connectivity index (χ4v) is 3.87. The molecule has 2 atom stereocenters. The van der Waals surface area contributed by atoms with E-state index in [9.17, 15) is 4.79 Å². The van der Waals surface area contributed by atoms with Crippen molar-refractivity contribution in [2.24, 2.45) is 17.8 Å². The van der Waals surface area contributed by atoms with E-state index in [1.54, 1.807) is 0 Å². The maximum absolute atomic E-state index is 12.1. The molecule has 0 bridgehead atoms. The number of hydrogen-bond acceptors (Lipinski definition) is 1. The van der Waals surface area contributed by atoms with Gasteiger partial charge in [0, 0.05) is 16.8 Å². The SMILES string of the molecule is O=C(NC1(CBr)CC1)C1C2CCCCC21. The third kappa shape index (κ3) is 1.73. The van der Waals surface area contributed by atoms with Crippen molar-refractivity contribution in [2.45, 2.75) is 44.1 Å². The average molecular weight is 272 g/mol. The van der Waals surface area contributed by atoms with Gasteiger partial charge in [-0.05, 0) is 37.5 Å². The zero-order valence-electron chi connectivity index (χ0n) is 8.97. The maximum atomic E-state index is 12.1. The number of fused-ring (bicyclic) bond motifs is 1. The molecule has 1 N–H and O–H groups in total. The normalized spacial score (nSPS) is 40.5. The van der Waals surface area contributed by atoms with Gasteiger partial charge < -0.3 is 5.32 Å². The van der Waals surface area contributed by atoms with Gasteiger partial charge in [0.15, 0.2) is 0 Å². The third-order valence-electron chi connectivity index (χ3n) is 4.46. The highest BCUT2D eigenvalue weighted by molar-refractivity contribution is 9.09. The highest BCUT2D eigenvalue weighted by atomic mass is 79.9. The van der Waals surface area contributed by atoms with Crippen molar-refractivity contribution >= 4 is 21.8 Å². The van der Waals surface area contributed by atoms with Gasteiger partial charge in [0.2, 0.25) is 5.91 Å². The van der Waals surface area contributed by atoms with E-state index in [1.807, 2.05) is 0 Å². The molecule has 3 saturated carbocycles. The van der Waals surface area contributed by atoms with Crippen molar-refractivity contribution in [1.82, 2.24) is 5.32 Å². The molecule has 3 fully saturated rings. The lowest BCUT2D eigenvalue weighted by Gasteiger charge is -2.13. The second kappa shape index (κ2) is 3.47. The molecule has 0 aromatic carbocycles. The smallest absolute Gasteiger partial charge is 0.224 e. The first-order valence-corrected chi connectivity index (χ1v) is 7.26. The molecule has 1 amide bonds. The van der Waals surface area contributed by atoms with Crippen LogP contribution in [0.2, 0.25) is 0 Å². The van der Waals surface area contributed by atoms with Crippen LogP contribution in [0.4, 0.5) is 0 Å². The summed E-state index contributed by atoms with van der Waals surface area (Å²) in [4.78, 5) is 12.1. The molecule has 84 valence electrons. The van der Waals surface area contributed by atoms with E-state index < -0.39 is 0 Å². The van der Waals surface area contributed by atoms with E-state index in [0.717, 1.165) is 30.0 Å². The van der Waals surface area contributed by atoms with E-state index >= 15 is 0 Å². The zero-order valence-corrected chi connectivity index (χ0v) is 10.6. The molecule has 2 unspecified atom stereocenters. The summed E-state index contributed by atoms with van der Waals surface area (Å²) in [6.45, 7) is 0. The summed E-state index contributed by atoms with van der Waals surface area (Å²) >= 11 is 3.49. The van der Waals surface area contributed by atoms with Gasteiger partial charge in [-0.15, -0.1) is 0 Å². The van der Waals surface area contributed by atoms with Crippen molar-refractivity contribution in [3.63, 3.8) is 0 Å². The molecule has 0 aliphatic heterocycles. The topological polar surface area (TPSA) is 29.1 Å². The first kappa shape index (κ1) is 10.1. The number of amides is 1. The molecule has 3 rings (SSSR count). The molecule has 0 radical (unpaired) electrons. The largest absolute Gasteiger partial charge is 0.350 e. The molecule has 3 aliphatic carbocycles. The first-order chi connectivity index (χ1) is 7.26. The van der Waals surface area contributed by atoms with Gasteiger partial charge in [-0.2, -0.15) is 0 Å². The minimum Gasteiger partial charge on any atom is -0.350 e. The second-order valence-electron chi connectivity index (χ2n) is 5.54. The number of nitrogens with one attached hydrogen (secondary N) is 1. The van der Waals surface area contributed by atoms with E-state index in [-0.39, 0.29) is 5.54 Å². The first-order valence-electron chi connectivity index (χ1n) is 6.14. The van der Waals surface area contributed by atoms with Crippen molar-refractivity contribution in [3.8, 4) is 0 Å². The van der Waals surface area contributed by atoms with E-state index in [2.05, 4.69) is 21.2 Å². The zero-order chi connectivity index (χ0) is 10.5. The monoisotopic (exact) mass is 271 g/mol. The summed E-state index contributed by atoms with van der Waals surface area (Å²) in [6, 6.07) is 0. The minimum absolute atomic E-state index is 0.142. The lowest BCUT2D eigenvalue weighted by molar-refractivity contribution is -0.123. The summed E-state index contributed by atoms with van der Waals surface area (Å²) in [5.41, 5.74) is 0.142. The molecule has 3 aliphatic rings. The minimum atomic E-state index is 0.142. The Morgan fingerprint density at radius 3 is 2.33 bits per heavy atom. The van der Waals surface area contributed by atoms with Crippen LogP contribution < -0.4 is 5.32 Å². The Balaban J connectivity index is 1.57. The maximum Gasteiger partial charge on any atom is 0.224 e. The Labute approximate surface area is 99.3 Å². The highest BCUT2D eigenvalue weighted by Crippen LogP contribution is 2.56. The van der Waals surface area contributed by atoms with Gasteiger partial charge in [0.25, 0.3) is 0 Å². The number of carbonyl (C=O) groups is 1. The van der Waals surface area contributed by atoms with Crippen molar-refractivity contribution in [2.75, 3.05) is 5.33 Å². The lowest BCUT2D eigenvalue weighted by Crippen LogP contribution is -2.39. The Kier molecular flexibility index (Phi) is 2.35. The molecule has 0 aromatic heterocycles. The van der Waals surface area contributed by atoms with Crippen molar-refractivity contribution < 1.29 is 4.79 Å². The van der Waals surface area contributed by atoms with Gasteiger partial charge in [0.05, 0.1) is 0 Å². The molecule has 15 heavy (non-hydrogen) atoms. The van der Waals surface area contributed by atoms with Crippen molar-refractivity contribution in [3.05, 3.63) is 0 Å². The van der Waals surface area contributed by atoms with Gasteiger partial charge in [-0.1, -0.05) is 28.8 Å².